The first-order valence-corrected chi connectivity index (χ1v) is 7.64. The molecular weight excluding hydrogens is 277 g/mol. The summed E-state index contributed by atoms with van der Waals surface area (Å²) in [5, 5.41) is 3.45. The second kappa shape index (κ2) is 5.43. The third-order valence-electron chi connectivity index (χ3n) is 4.66. The van der Waals surface area contributed by atoms with Gasteiger partial charge in [-0.3, -0.25) is 0 Å². The summed E-state index contributed by atoms with van der Waals surface area (Å²) in [5.41, 5.74) is 3.51. The first-order chi connectivity index (χ1) is 9.93. The van der Waals surface area contributed by atoms with Gasteiger partial charge in [-0.25, -0.2) is 0 Å². The highest BCUT2D eigenvalue weighted by Gasteiger charge is 2.41. The summed E-state index contributed by atoms with van der Waals surface area (Å²) in [6.07, 6.45) is -1.49. The minimum absolute atomic E-state index is 0.204. The van der Waals surface area contributed by atoms with Crippen molar-refractivity contribution >= 4 is 11.4 Å². The molecule has 1 saturated heterocycles. The molecule has 1 aromatic carbocycles. The molecule has 1 aromatic rings. The van der Waals surface area contributed by atoms with Crippen molar-refractivity contribution in [2.45, 2.75) is 44.8 Å². The number of anilines is 2. The zero-order valence-corrected chi connectivity index (χ0v) is 12.2. The number of nitrogens with one attached hydrogen (secondary N) is 1. The molecule has 0 aromatic heterocycles. The number of fused-ring (bicyclic) bond motifs is 1. The van der Waals surface area contributed by atoms with Crippen LogP contribution in [0.25, 0.3) is 0 Å². The molecule has 0 bridgehead atoms. The van der Waals surface area contributed by atoms with Crippen LogP contribution in [0.2, 0.25) is 0 Å². The summed E-state index contributed by atoms with van der Waals surface area (Å²) in [4.78, 5) is 2.08. The van der Waals surface area contributed by atoms with Crippen LogP contribution < -0.4 is 10.2 Å². The van der Waals surface area contributed by atoms with Crippen molar-refractivity contribution in [3.8, 4) is 0 Å². The number of nitrogens with zero attached hydrogens (tertiary/aromatic N) is 1. The predicted molar refractivity (Wildman–Crippen MR) is 78.8 cm³/mol. The Balaban J connectivity index is 1.69. The first-order valence-electron chi connectivity index (χ1n) is 7.64. The Hall–Kier alpha value is -1.39. The van der Waals surface area contributed by atoms with Gasteiger partial charge in [0.25, 0.3) is 0 Å². The lowest BCUT2D eigenvalue weighted by Gasteiger charge is -2.35. The van der Waals surface area contributed by atoms with Crippen molar-refractivity contribution in [2.24, 2.45) is 5.92 Å². The first kappa shape index (κ1) is 14.5. The van der Waals surface area contributed by atoms with Crippen LogP contribution in [0.3, 0.4) is 0 Å². The second-order valence-electron chi connectivity index (χ2n) is 6.23. The van der Waals surface area contributed by atoms with E-state index in [9.17, 15) is 13.2 Å². The Morgan fingerprint density at radius 1 is 1.14 bits per heavy atom. The smallest absolute Gasteiger partial charge is 0.382 e. The highest BCUT2D eigenvalue weighted by atomic mass is 19.4. The highest BCUT2D eigenvalue weighted by Crippen LogP contribution is 2.36. The SMILES string of the molecule is CC1CCc2cc(N3CCC(C(F)(F)F)CC3)ccc2N1. The number of rotatable bonds is 1. The largest absolute Gasteiger partial charge is 0.391 e. The van der Waals surface area contributed by atoms with Crippen molar-refractivity contribution in [2.75, 3.05) is 23.3 Å². The van der Waals surface area contributed by atoms with Gasteiger partial charge in [-0.2, -0.15) is 13.2 Å². The van der Waals surface area contributed by atoms with Crippen LogP contribution in [0.15, 0.2) is 18.2 Å². The maximum absolute atomic E-state index is 12.7. The molecule has 0 radical (unpaired) electrons. The number of benzene rings is 1. The average molecular weight is 298 g/mol. The van der Waals surface area contributed by atoms with E-state index in [4.69, 9.17) is 0 Å². The summed E-state index contributed by atoms with van der Waals surface area (Å²) in [6, 6.07) is 6.72. The van der Waals surface area contributed by atoms with E-state index in [0.29, 0.717) is 19.1 Å². The van der Waals surface area contributed by atoms with Gasteiger partial charge in [0, 0.05) is 30.5 Å². The number of aryl methyl sites for hydroxylation is 1. The molecule has 0 spiro atoms. The highest BCUT2D eigenvalue weighted by molar-refractivity contribution is 5.62. The van der Waals surface area contributed by atoms with Gasteiger partial charge in [0.2, 0.25) is 0 Å². The van der Waals surface area contributed by atoms with E-state index in [0.717, 1.165) is 18.5 Å². The van der Waals surface area contributed by atoms with Crippen molar-refractivity contribution in [3.63, 3.8) is 0 Å². The van der Waals surface area contributed by atoms with Crippen LogP contribution >= 0.6 is 0 Å². The van der Waals surface area contributed by atoms with E-state index in [-0.39, 0.29) is 12.8 Å². The van der Waals surface area contributed by atoms with Crippen molar-refractivity contribution in [3.05, 3.63) is 23.8 Å². The number of piperidine rings is 1. The van der Waals surface area contributed by atoms with E-state index < -0.39 is 12.1 Å². The molecule has 2 heterocycles. The maximum atomic E-state index is 12.7. The van der Waals surface area contributed by atoms with Gasteiger partial charge in [-0.1, -0.05) is 0 Å². The van der Waals surface area contributed by atoms with Gasteiger partial charge in [-0.15, -0.1) is 0 Å². The molecule has 1 atom stereocenters. The molecule has 1 N–H and O–H groups in total. The van der Waals surface area contributed by atoms with E-state index in [1.165, 1.54) is 11.3 Å². The zero-order chi connectivity index (χ0) is 15.0. The molecule has 21 heavy (non-hydrogen) atoms. The molecule has 2 nitrogen and oxygen atoms in total. The lowest BCUT2D eigenvalue weighted by atomic mass is 9.94. The lowest BCUT2D eigenvalue weighted by Crippen LogP contribution is -2.39. The third-order valence-corrected chi connectivity index (χ3v) is 4.66. The number of alkyl halides is 3. The summed E-state index contributed by atoms with van der Waals surface area (Å²) < 4.78 is 38.1. The lowest BCUT2D eigenvalue weighted by molar-refractivity contribution is -0.179. The van der Waals surface area contributed by atoms with Gasteiger partial charge < -0.3 is 10.2 Å². The minimum Gasteiger partial charge on any atom is -0.382 e. The number of halogens is 3. The number of hydrogen-bond donors (Lipinski definition) is 1. The maximum Gasteiger partial charge on any atom is 0.391 e. The molecule has 0 aliphatic carbocycles. The fourth-order valence-corrected chi connectivity index (χ4v) is 3.30. The molecule has 5 heteroatoms. The quantitative estimate of drug-likeness (QED) is 0.835. The predicted octanol–water partition coefficient (Wildman–Crippen LogP) is 4.21. The summed E-state index contributed by atoms with van der Waals surface area (Å²) >= 11 is 0. The Morgan fingerprint density at radius 2 is 1.86 bits per heavy atom. The van der Waals surface area contributed by atoms with Crippen molar-refractivity contribution in [1.29, 1.82) is 0 Å². The van der Waals surface area contributed by atoms with Gasteiger partial charge in [0.15, 0.2) is 0 Å². The van der Waals surface area contributed by atoms with Gasteiger partial charge in [0.1, 0.15) is 0 Å². The third kappa shape index (κ3) is 3.11. The van der Waals surface area contributed by atoms with Gasteiger partial charge in [-0.05, 0) is 56.4 Å². The van der Waals surface area contributed by atoms with Crippen LogP contribution in [-0.2, 0) is 6.42 Å². The van der Waals surface area contributed by atoms with Gasteiger partial charge >= 0.3 is 6.18 Å². The Kier molecular flexibility index (Phi) is 3.76. The Bertz CT molecular complexity index is 505. The van der Waals surface area contributed by atoms with Crippen LogP contribution in [0.1, 0.15) is 31.7 Å². The molecular formula is C16H21F3N2. The summed E-state index contributed by atoms with van der Waals surface area (Å²) in [5.74, 6) is -1.13. The molecule has 2 aliphatic rings. The summed E-state index contributed by atoms with van der Waals surface area (Å²) in [7, 11) is 0. The second-order valence-corrected chi connectivity index (χ2v) is 6.23. The van der Waals surface area contributed by atoms with Crippen LogP contribution in [0, 0.1) is 5.92 Å². The normalized spacial score (nSPS) is 23.6. The molecule has 116 valence electrons. The van der Waals surface area contributed by atoms with Crippen LogP contribution in [0.4, 0.5) is 24.5 Å². The Morgan fingerprint density at radius 3 is 2.52 bits per heavy atom. The minimum atomic E-state index is -4.04. The van der Waals surface area contributed by atoms with Crippen LogP contribution in [0.5, 0.6) is 0 Å². The van der Waals surface area contributed by atoms with E-state index in [1.54, 1.807) is 0 Å². The standard InChI is InChI=1S/C16H21F3N2/c1-11-2-3-12-10-14(4-5-15(12)20-11)21-8-6-13(7-9-21)16(17,18)19/h4-5,10-11,13,20H,2-3,6-9H2,1H3. The Labute approximate surface area is 123 Å². The van der Waals surface area contributed by atoms with Crippen molar-refractivity contribution < 1.29 is 13.2 Å². The zero-order valence-electron chi connectivity index (χ0n) is 12.2. The molecule has 0 amide bonds. The van der Waals surface area contributed by atoms with Crippen LogP contribution in [-0.4, -0.2) is 25.3 Å². The van der Waals surface area contributed by atoms with E-state index in [2.05, 4.69) is 29.3 Å². The summed E-state index contributed by atoms with van der Waals surface area (Å²) in [6.45, 7) is 3.15. The molecule has 0 saturated carbocycles. The topological polar surface area (TPSA) is 15.3 Å². The molecule has 2 aliphatic heterocycles. The average Bonchev–Trinajstić information content (AvgIpc) is 2.46. The monoisotopic (exact) mass is 298 g/mol. The fraction of sp³-hybridized carbons (Fsp3) is 0.625. The van der Waals surface area contributed by atoms with E-state index >= 15 is 0 Å². The van der Waals surface area contributed by atoms with Gasteiger partial charge in [0.05, 0.1) is 5.92 Å². The number of hydrogen-bond acceptors (Lipinski definition) is 2. The fourth-order valence-electron chi connectivity index (χ4n) is 3.30. The van der Waals surface area contributed by atoms with E-state index in [1.807, 2.05) is 6.07 Å². The molecule has 1 fully saturated rings. The molecule has 3 rings (SSSR count). The van der Waals surface area contributed by atoms with Crippen molar-refractivity contribution in [1.82, 2.24) is 0 Å². The molecule has 1 unspecified atom stereocenters.